The van der Waals surface area contributed by atoms with Gasteiger partial charge in [-0.3, -0.25) is 9.58 Å². The molecule has 0 radical (unpaired) electrons. The smallest absolute Gasteiger partial charge is 0.0667 e. The summed E-state index contributed by atoms with van der Waals surface area (Å²) < 4.78 is 2.00. The third-order valence-electron chi connectivity index (χ3n) is 3.21. The lowest BCUT2D eigenvalue weighted by Gasteiger charge is -2.29. The molecule has 0 bridgehead atoms. The Kier molecular flexibility index (Phi) is 3.54. The maximum atomic E-state index is 9.63. The standard InChI is InChI=1S/C13H23N3O/c1-13(2,3)16-9-11(7-14-16)8-15-6-4-5-12(17)10-15/h7,9,12,17H,4-6,8,10H2,1-3H3. The van der Waals surface area contributed by atoms with Gasteiger partial charge in [0.05, 0.1) is 17.8 Å². The first-order chi connectivity index (χ1) is 7.95. The van der Waals surface area contributed by atoms with Crippen molar-refractivity contribution in [3.05, 3.63) is 18.0 Å². The lowest BCUT2D eigenvalue weighted by atomic mass is 10.1. The highest BCUT2D eigenvalue weighted by Gasteiger charge is 2.19. The van der Waals surface area contributed by atoms with Gasteiger partial charge in [-0.2, -0.15) is 5.10 Å². The van der Waals surface area contributed by atoms with Crippen molar-refractivity contribution in [2.24, 2.45) is 0 Å². The monoisotopic (exact) mass is 237 g/mol. The molecule has 0 spiro atoms. The maximum absolute atomic E-state index is 9.63. The summed E-state index contributed by atoms with van der Waals surface area (Å²) in [5.74, 6) is 0. The predicted octanol–water partition coefficient (Wildman–Crippen LogP) is 1.59. The molecule has 1 aromatic rings. The third kappa shape index (κ3) is 3.30. The Bertz CT molecular complexity index is 367. The van der Waals surface area contributed by atoms with E-state index in [1.165, 1.54) is 5.56 Å². The summed E-state index contributed by atoms with van der Waals surface area (Å²) in [5.41, 5.74) is 1.27. The lowest BCUT2D eigenvalue weighted by Crippen LogP contribution is -2.37. The molecule has 1 aromatic heterocycles. The van der Waals surface area contributed by atoms with Gasteiger partial charge in [0.15, 0.2) is 0 Å². The van der Waals surface area contributed by atoms with E-state index in [-0.39, 0.29) is 11.6 Å². The first-order valence-electron chi connectivity index (χ1n) is 6.39. The number of aliphatic hydroxyl groups is 1. The summed E-state index contributed by atoms with van der Waals surface area (Å²) in [5, 5.41) is 14.0. The van der Waals surface area contributed by atoms with Gasteiger partial charge < -0.3 is 5.11 Å². The molecule has 1 unspecified atom stereocenters. The minimum Gasteiger partial charge on any atom is -0.392 e. The predicted molar refractivity (Wildman–Crippen MR) is 67.7 cm³/mol. The molecule has 1 saturated heterocycles. The number of rotatable bonds is 2. The van der Waals surface area contributed by atoms with Crippen LogP contribution < -0.4 is 0 Å². The molecule has 1 N–H and O–H groups in total. The van der Waals surface area contributed by atoms with Crippen molar-refractivity contribution in [2.45, 2.75) is 51.8 Å². The van der Waals surface area contributed by atoms with Crippen molar-refractivity contribution in [2.75, 3.05) is 13.1 Å². The van der Waals surface area contributed by atoms with Gasteiger partial charge >= 0.3 is 0 Å². The number of likely N-dealkylation sites (tertiary alicyclic amines) is 1. The number of nitrogens with zero attached hydrogens (tertiary/aromatic N) is 3. The fourth-order valence-electron chi connectivity index (χ4n) is 2.24. The summed E-state index contributed by atoms with van der Waals surface area (Å²) in [6.45, 7) is 9.21. The Balaban J connectivity index is 1.97. The second-order valence-corrected chi connectivity index (χ2v) is 6.00. The van der Waals surface area contributed by atoms with E-state index >= 15 is 0 Å². The van der Waals surface area contributed by atoms with Gasteiger partial charge in [-0.1, -0.05) is 0 Å². The van der Waals surface area contributed by atoms with Gasteiger partial charge in [-0.25, -0.2) is 0 Å². The Morgan fingerprint density at radius 3 is 2.82 bits per heavy atom. The molecule has 1 fully saturated rings. The quantitative estimate of drug-likeness (QED) is 0.849. The SMILES string of the molecule is CC(C)(C)n1cc(CN2CCCC(O)C2)cn1. The number of hydrogen-bond donors (Lipinski definition) is 1. The molecular formula is C13H23N3O. The van der Waals surface area contributed by atoms with Gasteiger partial charge in [0, 0.05) is 24.8 Å². The first kappa shape index (κ1) is 12.6. The molecule has 1 aliphatic heterocycles. The second kappa shape index (κ2) is 4.78. The summed E-state index contributed by atoms with van der Waals surface area (Å²) in [7, 11) is 0. The van der Waals surface area contributed by atoms with Crippen molar-refractivity contribution >= 4 is 0 Å². The minimum absolute atomic E-state index is 0.0413. The Morgan fingerprint density at radius 1 is 1.47 bits per heavy atom. The molecule has 0 aliphatic carbocycles. The van der Waals surface area contributed by atoms with Crippen molar-refractivity contribution < 1.29 is 5.11 Å². The summed E-state index contributed by atoms with van der Waals surface area (Å²) in [6.07, 6.45) is 5.93. The molecule has 0 saturated carbocycles. The highest BCUT2D eigenvalue weighted by Crippen LogP contribution is 2.16. The molecule has 2 heterocycles. The Hall–Kier alpha value is -0.870. The van der Waals surface area contributed by atoms with Gasteiger partial charge in [-0.15, -0.1) is 0 Å². The van der Waals surface area contributed by atoms with Crippen molar-refractivity contribution in [3.63, 3.8) is 0 Å². The maximum Gasteiger partial charge on any atom is 0.0667 e. The molecule has 1 aliphatic rings. The van der Waals surface area contributed by atoms with E-state index in [4.69, 9.17) is 0 Å². The molecule has 0 amide bonds. The van der Waals surface area contributed by atoms with Crippen LogP contribution in [0.25, 0.3) is 0 Å². The van der Waals surface area contributed by atoms with Gasteiger partial charge in [0.1, 0.15) is 0 Å². The van der Waals surface area contributed by atoms with Crippen LogP contribution in [0, 0.1) is 0 Å². The molecule has 0 aromatic carbocycles. The largest absolute Gasteiger partial charge is 0.392 e. The van der Waals surface area contributed by atoms with Crippen LogP contribution >= 0.6 is 0 Å². The summed E-state index contributed by atoms with van der Waals surface area (Å²) in [6, 6.07) is 0. The van der Waals surface area contributed by atoms with Crippen LogP contribution in [0.2, 0.25) is 0 Å². The number of aromatic nitrogens is 2. The fourth-order valence-corrected chi connectivity index (χ4v) is 2.24. The second-order valence-electron chi connectivity index (χ2n) is 6.00. The van der Waals surface area contributed by atoms with Crippen molar-refractivity contribution in [1.82, 2.24) is 14.7 Å². The summed E-state index contributed by atoms with van der Waals surface area (Å²) >= 11 is 0. The van der Waals surface area contributed by atoms with Crippen LogP contribution in [0.1, 0.15) is 39.2 Å². The average Bonchev–Trinajstić information content (AvgIpc) is 2.65. The lowest BCUT2D eigenvalue weighted by molar-refractivity contribution is 0.0668. The highest BCUT2D eigenvalue weighted by molar-refractivity contribution is 5.05. The molecule has 96 valence electrons. The molecule has 4 heteroatoms. The molecule has 1 atom stereocenters. The number of piperidine rings is 1. The van der Waals surface area contributed by atoms with Crippen molar-refractivity contribution in [3.8, 4) is 0 Å². The molecule has 2 rings (SSSR count). The van der Waals surface area contributed by atoms with E-state index in [9.17, 15) is 5.11 Å². The number of hydrogen-bond acceptors (Lipinski definition) is 3. The van der Waals surface area contributed by atoms with Gasteiger partial charge in [-0.05, 0) is 40.2 Å². The number of β-amino-alcohol motifs (C(OH)–C–C–N with tert-alkyl or cyclic N) is 1. The van der Waals surface area contributed by atoms with E-state index in [0.717, 1.165) is 32.5 Å². The van der Waals surface area contributed by atoms with E-state index < -0.39 is 0 Å². The third-order valence-corrected chi connectivity index (χ3v) is 3.21. The van der Waals surface area contributed by atoms with Crippen LogP contribution in [0.15, 0.2) is 12.4 Å². The molecule has 17 heavy (non-hydrogen) atoms. The van der Waals surface area contributed by atoms with Crippen LogP contribution in [0.5, 0.6) is 0 Å². The topological polar surface area (TPSA) is 41.3 Å². The van der Waals surface area contributed by atoms with Crippen LogP contribution in [-0.2, 0) is 12.1 Å². The van der Waals surface area contributed by atoms with Crippen molar-refractivity contribution in [1.29, 1.82) is 0 Å². The van der Waals surface area contributed by atoms with Crippen LogP contribution in [0.4, 0.5) is 0 Å². The zero-order valence-electron chi connectivity index (χ0n) is 11.1. The zero-order valence-corrected chi connectivity index (χ0v) is 11.1. The first-order valence-corrected chi connectivity index (χ1v) is 6.39. The normalized spacial score (nSPS) is 22.9. The van der Waals surface area contributed by atoms with E-state index in [0.29, 0.717) is 0 Å². The minimum atomic E-state index is -0.151. The van der Waals surface area contributed by atoms with E-state index in [2.05, 4.69) is 37.0 Å². The van der Waals surface area contributed by atoms with Crippen LogP contribution in [0.3, 0.4) is 0 Å². The number of aliphatic hydroxyl groups excluding tert-OH is 1. The van der Waals surface area contributed by atoms with Crippen LogP contribution in [-0.4, -0.2) is 39.0 Å². The van der Waals surface area contributed by atoms with E-state index in [1.807, 2.05) is 10.9 Å². The van der Waals surface area contributed by atoms with Gasteiger partial charge in [0.2, 0.25) is 0 Å². The van der Waals surface area contributed by atoms with Gasteiger partial charge in [0.25, 0.3) is 0 Å². The zero-order chi connectivity index (χ0) is 12.5. The fraction of sp³-hybridized carbons (Fsp3) is 0.769. The molecular weight excluding hydrogens is 214 g/mol. The molecule has 4 nitrogen and oxygen atoms in total. The van der Waals surface area contributed by atoms with E-state index in [1.54, 1.807) is 0 Å². The average molecular weight is 237 g/mol. The highest BCUT2D eigenvalue weighted by atomic mass is 16.3. The Morgan fingerprint density at radius 2 is 2.24 bits per heavy atom. The summed E-state index contributed by atoms with van der Waals surface area (Å²) in [4.78, 5) is 2.30. The Labute approximate surface area is 103 Å².